The molecule has 3 N–H and O–H groups in total. The van der Waals surface area contributed by atoms with E-state index in [0.717, 1.165) is 3.79 Å². The zero-order chi connectivity index (χ0) is 16.1. The van der Waals surface area contributed by atoms with Gasteiger partial charge in [-0.25, -0.2) is 0 Å². The van der Waals surface area contributed by atoms with Crippen LogP contribution < -0.4 is 16.2 Å². The molecule has 0 radical (unpaired) electrons. The van der Waals surface area contributed by atoms with E-state index < -0.39 is 11.8 Å². The standard InChI is InChI=1S/C14H12BrN3O3S/c1-8(19)16-10-4-2-3-9(7-10)13(20)17-18-14(21)11-5-6-12(15)22-11/h2-7H,1H3,(H,16,19)(H,17,20)(H,18,21). The van der Waals surface area contributed by atoms with Crippen molar-refractivity contribution in [3.8, 4) is 0 Å². The van der Waals surface area contributed by atoms with Crippen LogP contribution in [0.1, 0.15) is 27.0 Å². The summed E-state index contributed by atoms with van der Waals surface area (Å²) in [6.07, 6.45) is 0. The quantitative estimate of drug-likeness (QED) is 0.713. The topological polar surface area (TPSA) is 87.3 Å². The van der Waals surface area contributed by atoms with E-state index in [9.17, 15) is 14.4 Å². The van der Waals surface area contributed by atoms with E-state index >= 15 is 0 Å². The van der Waals surface area contributed by atoms with Crippen molar-refractivity contribution in [1.82, 2.24) is 10.9 Å². The van der Waals surface area contributed by atoms with E-state index in [1.165, 1.54) is 24.3 Å². The Kier molecular flexibility index (Phi) is 5.29. The second-order valence-electron chi connectivity index (χ2n) is 4.27. The maximum absolute atomic E-state index is 12.0. The Bertz CT molecular complexity index is 730. The Hall–Kier alpha value is -2.19. The van der Waals surface area contributed by atoms with Crippen LogP contribution in [0.3, 0.4) is 0 Å². The van der Waals surface area contributed by atoms with E-state index in [-0.39, 0.29) is 5.91 Å². The molecule has 0 spiro atoms. The number of amides is 3. The predicted octanol–water partition coefficient (Wildman–Crippen LogP) is 2.54. The average molecular weight is 382 g/mol. The van der Waals surface area contributed by atoms with Gasteiger partial charge in [0, 0.05) is 18.2 Å². The number of carbonyl (C=O) groups is 3. The summed E-state index contributed by atoms with van der Waals surface area (Å²) < 4.78 is 0.826. The number of carbonyl (C=O) groups excluding carboxylic acids is 3. The summed E-state index contributed by atoms with van der Waals surface area (Å²) in [7, 11) is 0. The summed E-state index contributed by atoms with van der Waals surface area (Å²) in [4.78, 5) is 35.3. The van der Waals surface area contributed by atoms with Gasteiger partial charge in [-0.1, -0.05) is 6.07 Å². The number of hydrogen-bond acceptors (Lipinski definition) is 4. The molecule has 0 saturated carbocycles. The van der Waals surface area contributed by atoms with E-state index in [2.05, 4.69) is 32.1 Å². The lowest BCUT2D eigenvalue weighted by atomic mass is 10.2. The first-order valence-electron chi connectivity index (χ1n) is 6.19. The zero-order valence-corrected chi connectivity index (χ0v) is 13.9. The molecule has 0 aliphatic heterocycles. The third-order valence-electron chi connectivity index (χ3n) is 2.53. The number of halogens is 1. The highest BCUT2D eigenvalue weighted by Gasteiger charge is 2.11. The lowest BCUT2D eigenvalue weighted by Gasteiger charge is -2.08. The van der Waals surface area contributed by atoms with Crippen molar-refractivity contribution < 1.29 is 14.4 Å². The number of benzene rings is 1. The van der Waals surface area contributed by atoms with Crippen LogP contribution >= 0.6 is 27.3 Å². The van der Waals surface area contributed by atoms with Crippen molar-refractivity contribution in [3.63, 3.8) is 0 Å². The van der Waals surface area contributed by atoms with Crippen molar-refractivity contribution in [2.24, 2.45) is 0 Å². The van der Waals surface area contributed by atoms with Crippen LogP contribution in [0, 0.1) is 0 Å². The fourth-order valence-electron chi connectivity index (χ4n) is 1.63. The van der Waals surface area contributed by atoms with Gasteiger partial charge in [0.1, 0.15) is 0 Å². The van der Waals surface area contributed by atoms with Crippen LogP contribution in [0.5, 0.6) is 0 Å². The molecule has 0 atom stereocenters. The molecular weight excluding hydrogens is 370 g/mol. The fraction of sp³-hybridized carbons (Fsp3) is 0.0714. The first-order chi connectivity index (χ1) is 10.5. The third kappa shape index (κ3) is 4.40. The fourth-order valence-corrected chi connectivity index (χ4v) is 2.91. The van der Waals surface area contributed by atoms with Crippen LogP contribution in [0.25, 0.3) is 0 Å². The van der Waals surface area contributed by atoms with E-state index in [0.29, 0.717) is 16.1 Å². The third-order valence-corrected chi connectivity index (χ3v) is 4.15. The largest absolute Gasteiger partial charge is 0.326 e. The predicted molar refractivity (Wildman–Crippen MR) is 87.7 cm³/mol. The first kappa shape index (κ1) is 16.2. The van der Waals surface area contributed by atoms with Gasteiger partial charge in [-0.05, 0) is 46.3 Å². The second kappa shape index (κ2) is 7.19. The molecule has 1 heterocycles. The molecule has 2 aromatic rings. The lowest BCUT2D eigenvalue weighted by Crippen LogP contribution is -2.41. The average Bonchev–Trinajstić information content (AvgIpc) is 2.90. The van der Waals surface area contributed by atoms with Gasteiger partial charge in [0.15, 0.2) is 0 Å². The van der Waals surface area contributed by atoms with E-state index in [4.69, 9.17) is 0 Å². The minimum atomic E-state index is -0.476. The molecule has 0 aliphatic carbocycles. The van der Waals surface area contributed by atoms with Crippen molar-refractivity contribution in [2.75, 3.05) is 5.32 Å². The molecule has 8 heteroatoms. The zero-order valence-electron chi connectivity index (χ0n) is 11.5. The van der Waals surface area contributed by atoms with E-state index in [1.54, 1.807) is 30.3 Å². The Balaban J connectivity index is 1.97. The van der Waals surface area contributed by atoms with Crippen molar-refractivity contribution in [3.05, 3.63) is 50.6 Å². The molecule has 6 nitrogen and oxygen atoms in total. The molecule has 1 aromatic carbocycles. The monoisotopic (exact) mass is 381 g/mol. The molecular formula is C14H12BrN3O3S. The highest BCUT2D eigenvalue weighted by Crippen LogP contribution is 2.21. The Morgan fingerprint density at radius 1 is 1.05 bits per heavy atom. The van der Waals surface area contributed by atoms with Gasteiger partial charge in [0.25, 0.3) is 11.8 Å². The molecule has 0 aliphatic rings. The summed E-state index contributed by atoms with van der Waals surface area (Å²) in [6, 6.07) is 9.80. The number of anilines is 1. The molecule has 3 amide bonds. The first-order valence-corrected chi connectivity index (χ1v) is 7.80. The second-order valence-corrected chi connectivity index (χ2v) is 6.74. The maximum Gasteiger partial charge on any atom is 0.279 e. The normalized spacial score (nSPS) is 9.91. The maximum atomic E-state index is 12.0. The minimum absolute atomic E-state index is 0.228. The molecule has 0 saturated heterocycles. The highest BCUT2D eigenvalue weighted by molar-refractivity contribution is 9.11. The summed E-state index contributed by atoms with van der Waals surface area (Å²) in [5.41, 5.74) is 5.49. The Labute approximate surface area is 139 Å². The van der Waals surface area contributed by atoms with Crippen molar-refractivity contribution >= 4 is 50.7 Å². The van der Waals surface area contributed by atoms with Gasteiger partial charge in [0.2, 0.25) is 5.91 Å². The van der Waals surface area contributed by atoms with Crippen LogP contribution in [0.4, 0.5) is 5.69 Å². The molecule has 114 valence electrons. The summed E-state index contributed by atoms with van der Waals surface area (Å²) >= 11 is 4.52. The van der Waals surface area contributed by atoms with Crippen LogP contribution in [0.15, 0.2) is 40.2 Å². The van der Waals surface area contributed by atoms with Crippen molar-refractivity contribution in [1.29, 1.82) is 0 Å². The van der Waals surface area contributed by atoms with Crippen LogP contribution in [0.2, 0.25) is 0 Å². The Morgan fingerprint density at radius 3 is 2.41 bits per heavy atom. The van der Waals surface area contributed by atoms with Gasteiger partial charge in [-0.3, -0.25) is 25.2 Å². The van der Waals surface area contributed by atoms with Gasteiger partial charge in [-0.2, -0.15) is 0 Å². The van der Waals surface area contributed by atoms with E-state index in [1.807, 2.05) is 0 Å². The van der Waals surface area contributed by atoms with Gasteiger partial charge < -0.3 is 5.32 Å². The van der Waals surface area contributed by atoms with Crippen LogP contribution in [-0.2, 0) is 4.79 Å². The summed E-state index contributed by atoms with van der Waals surface area (Å²) in [5.74, 6) is -1.10. The number of thiophene rings is 1. The number of rotatable bonds is 3. The van der Waals surface area contributed by atoms with Gasteiger partial charge in [-0.15, -0.1) is 11.3 Å². The number of hydrazine groups is 1. The minimum Gasteiger partial charge on any atom is -0.326 e. The van der Waals surface area contributed by atoms with Gasteiger partial charge in [0.05, 0.1) is 8.66 Å². The van der Waals surface area contributed by atoms with Gasteiger partial charge >= 0.3 is 0 Å². The smallest absolute Gasteiger partial charge is 0.279 e. The van der Waals surface area contributed by atoms with Crippen molar-refractivity contribution in [2.45, 2.75) is 6.92 Å². The lowest BCUT2D eigenvalue weighted by molar-refractivity contribution is -0.114. The molecule has 1 aromatic heterocycles. The molecule has 0 bridgehead atoms. The Morgan fingerprint density at radius 2 is 1.77 bits per heavy atom. The molecule has 0 fully saturated rings. The highest BCUT2D eigenvalue weighted by atomic mass is 79.9. The number of hydrogen-bond donors (Lipinski definition) is 3. The molecule has 2 rings (SSSR count). The SMILES string of the molecule is CC(=O)Nc1cccc(C(=O)NNC(=O)c2ccc(Br)s2)c1. The summed E-state index contributed by atoms with van der Waals surface area (Å²) in [5, 5.41) is 2.58. The summed E-state index contributed by atoms with van der Waals surface area (Å²) in [6.45, 7) is 1.38. The molecule has 22 heavy (non-hydrogen) atoms. The van der Waals surface area contributed by atoms with Crippen LogP contribution in [-0.4, -0.2) is 17.7 Å². The molecule has 0 unspecified atom stereocenters. The number of nitrogens with one attached hydrogen (secondary N) is 3.